The molecule has 0 spiro atoms. The van der Waals surface area contributed by atoms with Crippen LogP contribution in [0.2, 0.25) is 0 Å². The first-order chi connectivity index (χ1) is 9.60. The number of hydroxylamine groups is 2. The Kier molecular flexibility index (Phi) is 4.37. The fourth-order valence-corrected chi connectivity index (χ4v) is 1.49. The van der Waals surface area contributed by atoms with Gasteiger partial charge >= 0.3 is 5.91 Å². The highest BCUT2D eigenvalue weighted by molar-refractivity contribution is 5.90. The van der Waals surface area contributed by atoms with Gasteiger partial charge in [-0.2, -0.15) is 0 Å². The summed E-state index contributed by atoms with van der Waals surface area (Å²) >= 11 is 0. The topological polar surface area (TPSA) is 51.9 Å². The van der Waals surface area contributed by atoms with Gasteiger partial charge in [0.25, 0.3) is 0 Å². The summed E-state index contributed by atoms with van der Waals surface area (Å²) in [5.41, 5.74) is 0. The third-order valence-electron chi connectivity index (χ3n) is 2.63. The lowest BCUT2D eigenvalue weighted by Gasteiger charge is -2.11. The molecule has 1 amide bonds. The first-order valence-corrected chi connectivity index (χ1v) is 5.89. The van der Waals surface area contributed by atoms with Gasteiger partial charge in [-0.15, -0.1) is 0 Å². The second kappa shape index (κ2) is 6.21. The van der Waals surface area contributed by atoms with Crippen molar-refractivity contribution in [2.75, 3.05) is 14.2 Å². The van der Waals surface area contributed by atoms with Gasteiger partial charge in [0.15, 0.2) is 5.76 Å². The van der Waals surface area contributed by atoms with Crippen molar-refractivity contribution < 1.29 is 23.2 Å². The van der Waals surface area contributed by atoms with Crippen LogP contribution in [-0.2, 0) is 11.4 Å². The number of halogens is 1. The lowest BCUT2D eigenvalue weighted by molar-refractivity contribution is -0.0774. The molecule has 0 aliphatic rings. The van der Waals surface area contributed by atoms with E-state index in [1.807, 2.05) is 0 Å². The SMILES string of the molecule is CON(C)C(=O)c1ccc(COc2ccc(F)cc2)o1. The van der Waals surface area contributed by atoms with Gasteiger partial charge in [0.2, 0.25) is 0 Å². The molecule has 0 saturated heterocycles. The number of carbonyl (C=O) groups is 1. The maximum atomic E-state index is 12.7. The van der Waals surface area contributed by atoms with Crippen LogP contribution in [0, 0.1) is 5.82 Å². The summed E-state index contributed by atoms with van der Waals surface area (Å²) in [4.78, 5) is 16.5. The number of hydrogen-bond donors (Lipinski definition) is 0. The maximum absolute atomic E-state index is 12.7. The van der Waals surface area contributed by atoms with E-state index in [9.17, 15) is 9.18 Å². The number of nitrogens with zero attached hydrogens (tertiary/aromatic N) is 1. The van der Waals surface area contributed by atoms with Crippen LogP contribution in [0.5, 0.6) is 5.75 Å². The van der Waals surface area contributed by atoms with Gasteiger partial charge in [0, 0.05) is 7.05 Å². The Labute approximate surface area is 115 Å². The Bertz CT molecular complexity index is 579. The summed E-state index contributed by atoms with van der Waals surface area (Å²) in [5.74, 6) is 0.449. The van der Waals surface area contributed by atoms with E-state index >= 15 is 0 Å². The van der Waals surface area contributed by atoms with Crippen LogP contribution in [0.3, 0.4) is 0 Å². The number of furan rings is 1. The minimum Gasteiger partial charge on any atom is -0.486 e. The first kappa shape index (κ1) is 14.1. The molecule has 0 unspecified atom stereocenters. The highest BCUT2D eigenvalue weighted by Crippen LogP contribution is 2.15. The maximum Gasteiger partial charge on any atom is 0.312 e. The number of amides is 1. The Morgan fingerprint density at radius 2 is 1.95 bits per heavy atom. The van der Waals surface area contributed by atoms with E-state index in [0.717, 1.165) is 5.06 Å². The largest absolute Gasteiger partial charge is 0.486 e. The highest BCUT2D eigenvalue weighted by Gasteiger charge is 2.15. The molecule has 6 heteroatoms. The first-order valence-electron chi connectivity index (χ1n) is 5.89. The number of hydrogen-bond acceptors (Lipinski definition) is 4. The molecule has 2 aromatic rings. The molecule has 0 N–H and O–H groups in total. The van der Waals surface area contributed by atoms with Gasteiger partial charge in [-0.05, 0) is 36.4 Å². The Morgan fingerprint density at radius 3 is 2.60 bits per heavy atom. The fraction of sp³-hybridized carbons (Fsp3) is 0.214. The van der Waals surface area contributed by atoms with E-state index in [4.69, 9.17) is 14.0 Å². The van der Waals surface area contributed by atoms with Crippen molar-refractivity contribution in [3.05, 3.63) is 53.7 Å². The van der Waals surface area contributed by atoms with E-state index in [1.54, 1.807) is 12.1 Å². The molecule has 20 heavy (non-hydrogen) atoms. The molecule has 0 aliphatic carbocycles. The van der Waals surface area contributed by atoms with Crippen LogP contribution >= 0.6 is 0 Å². The van der Waals surface area contributed by atoms with Crippen LogP contribution in [-0.4, -0.2) is 25.1 Å². The predicted octanol–water partition coefficient (Wildman–Crippen LogP) is 2.63. The predicted molar refractivity (Wildman–Crippen MR) is 68.5 cm³/mol. The van der Waals surface area contributed by atoms with E-state index < -0.39 is 0 Å². The van der Waals surface area contributed by atoms with Crippen molar-refractivity contribution in [2.45, 2.75) is 6.61 Å². The standard InChI is InChI=1S/C14H14FNO4/c1-16(18-2)14(17)13-8-7-12(20-13)9-19-11-5-3-10(15)4-6-11/h3-8H,9H2,1-2H3. The molecule has 0 fully saturated rings. The van der Waals surface area contributed by atoms with E-state index in [2.05, 4.69) is 0 Å². The third-order valence-corrected chi connectivity index (χ3v) is 2.63. The second-order valence-corrected chi connectivity index (χ2v) is 3.99. The summed E-state index contributed by atoms with van der Waals surface area (Å²) in [5, 5.41) is 1.06. The van der Waals surface area contributed by atoms with Gasteiger partial charge in [0.1, 0.15) is 23.9 Å². The average Bonchev–Trinajstić information content (AvgIpc) is 2.94. The quantitative estimate of drug-likeness (QED) is 0.789. The van der Waals surface area contributed by atoms with Crippen molar-refractivity contribution in [1.82, 2.24) is 5.06 Å². The van der Waals surface area contributed by atoms with Crippen molar-refractivity contribution in [3.63, 3.8) is 0 Å². The number of carbonyl (C=O) groups excluding carboxylic acids is 1. The van der Waals surface area contributed by atoms with E-state index in [-0.39, 0.29) is 24.1 Å². The Morgan fingerprint density at radius 1 is 1.25 bits per heavy atom. The van der Waals surface area contributed by atoms with Crippen molar-refractivity contribution in [2.24, 2.45) is 0 Å². The van der Waals surface area contributed by atoms with Crippen LogP contribution < -0.4 is 4.74 Å². The zero-order valence-corrected chi connectivity index (χ0v) is 11.1. The molecule has 0 bridgehead atoms. The van der Waals surface area contributed by atoms with Crippen LogP contribution in [0.4, 0.5) is 4.39 Å². The molecule has 0 aliphatic heterocycles. The minimum absolute atomic E-state index is 0.148. The minimum atomic E-state index is -0.388. The summed E-state index contributed by atoms with van der Waals surface area (Å²) in [6.07, 6.45) is 0. The molecular formula is C14H14FNO4. The van der Waals surface area contributed by atoms with E-state index in [1.165, 1.54) is 38.4 Å². The molecule has 106 valence electrons. The molecule has 0 atom stereocenters. The van der Waals surface area contributed by atoms with Crippen molar-refractivity contribution in [3.8, 4) is 5.75 Å². The summed E-state index contributed by atoms with van der Waals surface area (Å²) < 4.78 is 23.5. The van der Waals surface area contributed by atoms with Gasteiger partial charge in [-0.1, -0.05) is 0 Å². The number of benzene rings is 1. The molecule has 0 saturated carbocycles. The lowest BCUT2D eigenvalue weighted by atomic mass is 10.3. The zero-order chi connectivity index (χ0) is 14.5. The van der Waals surface area contributed by atoms with Crippen molar-refractivity contribution >= 4 is 5.91 Å². The molecule has 1 aromatic heterocycles. The smallest absolute Gasteiger partial charge is 0.312 e. The molecular weight excluding hydrogens is 265 g/mol. The van der Waals surface area contributed by atoms with Crippen LogP contribution in [0.15, 0.2) is 40.8 Å². The average molecular weight is 279 g/mol. The summed E-state index contributed by atoms with van der Waals surface area (Å²) in [7, 11) is 2.87. The van der Waals surface area contributed by atoms with Gasteiger partial charge in [-0.25, -0.2) is 9.45 Å². The third kappa shape index (κ3) is 3.36. The summed E-state index contributed by atoms with van der Waals surface area (Å²) in [6.45, 7) is 0.148. The normalized spacial score (nSPS) is 10.3. The van der Waals surface area contributed by atoms with Gasteiger partial charge < -0.3 is 9.15 Å². The molecule has 0 radical (unpaired) electrons. The Balaban J connectivity index is 1.96. The summed E-state index contributed by atoms with van der Waals surface area (Å²) in [6, 6.07) is 8.83. The fourth-order valence-electron chi connectivity index (χ4n) is 1.49. The Hall–Kier alpha value is -2.34. The van der Waals surface area contributed by atoms with Crippen molar-refractivity contribution in [1.29, 1.82) is 0 Å². The monoisotopic (exact) mass is 279 g/mol. The van der Waals surface area contributed by atoms with Gasteiger partial charge in [-0.3, -0.25) is 9.63 Å². The number of rotatable bonds is 5. The highest BCUT2D eigenvalue weighted by atomic mass is 19.1. The molecule has 5 nitrogen and oxygen atoms in total. The second-order valence-electron chi connectivity index (χ2n) is 3.99. The number of ether oxygens (including phenoxy) is 1. The lowest BCUT2D eigenvalue weighted by Crippen LogP contribution is -2.24. The molecule has 2 rings (SSSR count). The van der Waals surface area contributed by atoms with Crippen LogP contribution in [0.25, 0.3) is 0 Å². The molecule has 1 heterocycles. The van der Waals surface area contributed by atoms with E-state index in [0.29, 0.717) is 11.5 Å². The van der Waals surface area contributed by atoms with Crippen LogP contribution in [0.1, 0.15) is 16.3 Å². The van der Waals surface area contributed by atoms with Gasteiger partial charge in [0.05, 0.1) is 7.11 Å². The zero-order valence-electron chi connectivity index (χ0n) is 11.1. The molecule has 1 aromatic carbocycles.